The Balaban J connectivity index is 1.89. The summed E-state index contributed by atoms with van der Waals surface area (Å²) in [5, 5.41) is 6.55. The Hall–Kier alpha value is -1.29. The number of anilines is 1. The Morgan fingerprint density at radius 1 is 1.48 bits per heavy atom. The van der Waals surface area contributed by atoms with Crippen LogP contribution >= 0.6 is 11.6 Å². The van der Waals surface area contributed by atoms with Crippen molar-refractivity contribution in [1.29, 1.82) is 0 Å². The van der Waals surface area contributed by atoms with E-state index in [2.05, 4.69) is 22.5 Å². The second-order valence-corrected chi connectivity index (χ2v) is 6.34. The molecule has 4 nitrogen and oxygen atoms in total. The van der Waals surface area contributed by atoms with Crippen LogP contribution in [0.4, 0.5) is 5.82 Å². The van der Waals surface area contributed by atoms with E-state index in [-0.39, 0.29) is 5.91 Å². The third-order valence-corrected chi connectivity index (χ3v) is 4.33. The Kier molecular flexibility index (Phi) is 5.85. The average molecular weight is 310 g/mol. The highest BCUT2D eigenvalue weighted by molar-refractivity contribution is 6.33. The maximum Gasteiger partial charge on any atom is 0.252 e. The highest BCUT2D eigenvalue weighted by atomic mass is 35.5. The summed E-state index contributed by atoms with van der Waals surface area (Å²) in [5.74, 6) is 1.90. The zero-order chi connectivity index (χ0) is 15.2. The van der Waals surface area contributed by atoms with Crippen molar-refractivity contribution >= 4 is 23.3 Å². The van der Waals surface area contributed by atoms with Crippen molar-refractivity contribution in [2.75, 3.05) is 18.4 Å². The van der Waals surface area contributed by atoms with Crippen LogP contribution in [-0.4, -0.2) is 24.0 Å². The molecule has 0 aliphatic heterocycles. The molecular formula is C16H24ClN3O. The molecule has 2 N–H and O–H groups in total. The number of amides is 1. The highest BCUT2D eigenvalue weighted by Gasteiger charge is 2.19. The second-order valence-electron chi connectivity index (χ2n) is 5.93. The SMILES string of the molecule is CCNc1ncc(C(=O)NCC2CCCC(C)C2)cc1Cl. The number of halogens is 1. The predicted octanol–water partition coefficient (Wildman–Crippen LogP) is 3.72. The fourth-order valence-electron chi connectivity index (χ4n) is 2.94. The van der Waals surface area contributed by atoms with Crippen LogP contribution in [0.15, 0.2) is 12.3 Å². The molecule has 1 aromatic heterocycles. The third-order valence-electron chi connectivity index (χ3n) is 4.04. The lowest BCUT2D eigenvalue weighted by Gasteiger charge is -2.26. The molecule has 1 heterocycles. The molecule has 21 heavy (non-hydrogen) atoms. The molecule has 2 rings (SSSR count). The van der Waals surface area contributed by atoms with Gasteiger partial charge in [0.25, 0.3) is 5.91 Å². The molecule has 1 fully saturated rings. The zero-order valence-corrected chi connectivity index (χ0v) is 13.5. The molecule has 2 atom stereocenters. The lowest BCUT2D eigenvalue weighted by atomic mass is 9.82. The first-order chi connectivity index (χ1) is 10.1. The fraction of sp³-hybridized carbons (Fsp3) is 0.625. The van der Waals surface area contributed by atoms with Crippen LogP contribution in [0.25, 0.3) is 0 Å². The Labute approximate surface area is 131 Å². The van der Waals surface area contributed by atoms with Crippen LogP contribution in [0.3, 0.4) is 0 Å². The van der Waals surface area contributed by atoms with E-state index in [1.54, 1.807) is 12.3 Å². The maximum absolute atomic E-state index is 12.2. The lowest BCUT2D eigenvalue weighted by Crippen LogP contribution is -2.31. The van der Waals surface area contributed by atoms with Crippen LogP contribution in [0.2, 0.25) is 5.02 Å². The van der Waals surface area contributed by atoms with E-state index in [1.165, 1.54) is 25.7 Å². The van der Waals surface area contributed by atoms with Gasteiger partial charge in [0.1, 0.15) is 5.82 Å². The molecule has 1 aliphatic rings. The molecule has 1 aliphatic carbocycles. The van der Waals surface area contributed by atoms with Gasteiger partial charge in [0.15, 0.2) is 0 Å². The van der Waals surface area contributed by atoms with E-state index < -0.39 is 0 Å². The molecule has 0 radical (unpaired) electrons. The number of carbonyl (C=O) groups is 1. The number of hydrogen-bond donors (Lipinski definition) is 2. The Morgan fingerprint density at radius 2 is 2.29 bits per heavy atom. The monoisotopic (exact) mass is 309 g/mol. The van der Waals surface area contributed by atoms with Crippen LogP contribution in [0.5, 0.6) is 0 Å². The van der Waals surface area contributed by atoms with Crippen LogP contribution in [0.1, 0.15) is 49.9 Å². The lowest BCUT2D eigenvalue weighted by molar-refractivity contribution is 0.0940. The van der Waals surface area contributed by atoms with Crippen LogP contribution in [-0.2, 0) is 0 Å². The van der Waals surface area contributed by atoms with Crippen molar-refractivity contribution in [3.63, 3.8) is 0 Å². The second kappa shape index (κ2) is 7.64. The number of nitrogens with zero attached hydrogens (tertiary/aromatic N) is 1. The summed E-state index contributed by atoms with van der Waals surface area (Å²) in [7, 11) is 0. The van der Waals surface area contributed by atoms with Crippen LogP contribution in [0, 0.1) is 11.8 Å². The Morgan fingerprint density at radius 3 is 2.95 bits per heavy atom. The van der Waals surface area contributed by atoms with Gasteiger partial charge < -0.3 is 10.6 Å². The summed E-state index contributed by atoms with van der Waals surface area (Å²) < 4.78 is 0. The summed E-state index contributed by atoms with van der Waals surface area (Å²) in [6.45, 7) is 5.76. The highest BCUT2D eigenvalue weighted by Crippen LogP contribution is 2.28. The van der Waals surface area contributed by atoms with Crippen molar-refractivity contribution in [3.05, 3.63) is 22.8 Å². The molecule has 1 amide bonds. The smallest absolute Gasteiger partial charge is 0.252 e. The summed E-state index contributed by atoms with van der Waals surface area (Å²) in [6.07, 6.45) is 6.58. The van der Waals surface area contributed by atoms with E-state index in [9.17, 15) is 4.79 Å². The molecule has 116 valence electrons. The quantitative estimate of drug-likeness (QED) is 0.871. The number of hydrogen-bond acceptors (Lipinski definition) is 3. The van der Waals surface area contributed by atoms with Gasteiger partial charge in [-0.05, 0) is 37.7 Å². The summed E-state index contributed by atoms with van der Waals surface area (Å²) in [6, 6.07) is 1.67. The first kappa shape index (κ1) is 16.1. The topological polar surface area (TPSA) is 54.0 Å². The van der Waals surface area contributed by atoms with Crippen molar-refractivity contribution < 1.29 is 4.79 Å². The minimum Gasteiger partial charge on any atom is -0.369 e. The number of carbonyl (C=O) groups excluding carboxylic acids is 1. The van der Waals surface area contributed by atoms with E-state index in [0.29, 0.717) is 22.3 Å². The standard InChI is InChI=1S/C16H24ClN3O/c1-3-18-15-14(17)8-13(10-19-15)16(21)20-9-12-6-4-5-11(2)7-12/h8,10-12H,3-7,9H2,1-2H3,(H,18,19)(H,20,21). The summed E-state index contributed by atoms with van der Waals surface area (Å²) in [4.78, 5) is 16.4. The fourth-order valence-corrected chi connectivity index (χ4v) is 3.18. The van der Waals surface area contributed by atoms with Gasteiger partial charge in [-0.2, -0.15) is 0 Å². The number of aromatic nitrogens is 1. The first-order valence-corrected chi connectivity index (χ1v) is 8.15. The van der Waals surface area contributed by atoms with Gasteiger partial charge in [-0.1, -0.05) is 31.4 Å². The molecular weight excluding hydrogens is 286 g/mol. The molecule has 0 bridgehead atoms. The normalized spacial score (nSPS) is 21.9. The molecule has 1 aromatic rings. The zero-order valence-electron chi connectivity index (χ0n) is 12.8. The summed E-state index contributed by atoms with van der Waals surface area (Å²) in [5.41, 5.74) is 0.519. The van der Waals surface area contributed by atoms with Crippen molar-refractivity contribution in [2.45, 2.75) is 39.5 Å². The molecule has 0 aromatic carbocycles. The van der Waals surface area contributed by atoms with E-state index >= 15 is 0 Å². The third kappa shape index (κ3) is 4.60. The average Bonchev–Trinajstić information content (AvgIpc) is 2.47. The Bertz CT molecular complexity index is 492. The minimum absolute atomic E-state index is 0.0920. The molecule has 5 heteroatoms. The van der Waals surface area contributed by atoms with Crippen LogP contribution < -0.4 is 10.6 Å². The van der Waals surface area contributed by atoms with Gasteiger partial charge in [0.05, 0.1) is 10.6 Å². The number of pyridine rings is 1. The molecule has 2 unspecified atom stereocenters. The molecule has 0 saturated heterocycles. The van der Waals surface area contributed by atoms with Gasteiger partial charge in [0, 0.05) is 19.3 Å². The van der Waals surface area contributed by atoms with Gasteiger partial charge in [-0.3, -0.25) is 4.79 Å². The number of rotatable bonds is 5. The number of nitrogens with one attached hydrogen (secondary N) is 2. The van der Waals surface area contributed by atoms with Crippen molar-refractivity contribution in [1.82, 2.24) is 10.3 Å². The summed E-state index contributed by atoms with van der Waals surface area (Å²) >= 11 is 6.12. The van der Waals surface area contributed by atoms with Gasteiger partial charge in [-0.25, -0.2) is 4.98 Å². The van der Waals surface area contributed by atoms with E-state index in [0.717, 1.165) is 19.0 Å². The maximum atomic E-state index is 12.2. The van der Waals surface area contributed by atoms with E-state index in [4.69, 9.17) is 11.6 Å². The van der Waals surface area contributed by atoms with Gasteiger partial charge >= 0.3 is 0 Å². The van der Waals surface area contributed by atoms with Crippen molar-refractivity contribution in [3.8, 4) is 0 Å². The van der Waals surface area contributed by atoms with Gasteiger partial charge in [-0.15, -0.1) is 0 Å². The van der Waals surface area contributed by atoms with Gasteiger partial charge in [0.2, 0.25) is 0 Å². The molecule has 1 saturated carbocycles. The predicted molar refractivity (Wildman–Crippen MR) is 86.9 cm³/mol. The van der Waals surface area contributed by atoms with Crippen molar-refractivity contribution in [2.24, 2.45) is 11.8 Å². The molecule has 0 spiro atoms. The largest absolute Gasteiger partial charge is 0.369 e. The minimum atomic E-state index is -0.0920. The van der Waals surface area contributed by atoms with E-state index in [1.807, 2.05) is 6.92 Å². The first-order valence-electron chi connectivity index (χ1n) is 7.77.